The van der Waals surface area contributed by atoms with Gasteiger partial charge in [-0.3, -0.25) is 0 Å². The van der Waals surface area contributed by atoms with Gasteiger partial charge < -0.3 is 10.4 Å². The van der Waals surface area contributed by atoms with E-state index >= 15 is 0 Å². The summed E-state index contributed by atoms with van der Waals surface area (Å²) in [4.78, 5) is 0. The molecular weight excluding hydrogens is 212 g/mol. The monoisotopic (exact) mass is 227 g/mol. The predicted molar refractivity (Wildman–Crippen MR) is 56.8 cm³/mol. The summed E-state index contributed by atoms with van der Waals surface area (Å²) in [6.07, 6.45) is 1.44. The minimum atomic E-state index is -0.807. The molecule has 2 rings (SSSR count). The average molecular weight is 227 g/mol. The Morgan fingerprint density at radius 2 is 2.06 bits per heavy atom. The summed E-state index contributed by atoms with van der Waals surface area (Å²) in [7, 11) is 0. The summed E-state index contributed by atoms with van der Waals surface area (Å²) in [6, 6.07) is 4.19. The number of aliphatic hydroxyl groups is 1. The maximum atomic E-state index is 13.2. The number of benzene rings is 1. The molecule has 2 N–H and O–H groups in total. The molecule has 1 aromatic rings. The topological polar surface area (TPSA) is 32.3 Å². The minimum absolute atomic E-state index is 0.169. The molecule has 16 heavy (non-hydrogen) atoms. The lowest BCUT2D eigenvalue weighted by Gasteiger charge is -2.31. The summed E-state index contributed by atoms with van der Waals surface area (Å²) in [5, 5.41) is 12.2. The molecule has 0 saturated heterocycles. The van der Waals surface area contributed by atoms with Crippen molar-refractivity contribution in [2.45, 2.75) is 25.5 Å². The number of rotatable bonds is 4. The first kappa shape index (κ1) is 11.5. The molecule has 0 heterocycles. The van der Waals surface area contributed by atoms with Crippen LogP contribution >= 0.6 is 0 Å². The molecule has 0 aromatic heterocycles. The van der Waals surface area contributed by atoms with Crippen LogP contribution in [-0.4, -0.2) is 17.8 Å². The molecule has 0 amide bonds. The van der Waals surface area contributed by atoms with Gasteiger partial charge in [-0.25, -0.2) is 8.78 Å². The van der Waals surface area contributed by atoms with Gasteiger partial charge >= 0.3 is 0 Å². The lowest BCUT2D eigenvalue weighted by Crippen LogP contribution is -2.36. The Balaban J connectivity index is 1.79. The standard InChI is InChI=1S/C12H15F2NO/c13-11-3-1-2-9(12(11)14)7-15-6-8-4-10(16)5-8/h1-3,8,10,15-16H,4-7H2. The van der Waals surface area contributed by atoms with Crippen molar-refractivity contribution >= 4 is 0 Å². The van der Waals surface area contributed by atoms with Crippen LogP contribution < -0.4 is 5.32 Å². The van der Waals surface area contributed by atoms with E-state index in [0.717, 1.165) is 25.5 Å². The van der Waals surface area contributed by atoms with Crippen molar-refractivity contribution in [1.82, 2.24) is 5.32 Å². The van der Waals surface area contributed by atoms with Gasteiger partial charge in [-0.2, -0.15) is 0 Å². The molecule has 1 aliphatic carbocycles. The fourth-order valence-corrected chi connectivity index (χ4v) is 1.96. The van der Waals surface area contributed by atoms with E-state index in [1.54, 1.807) is 6.07 Å². The zero-order chi connectivity index (χ0) is 11.5. The molecule has 88 valence electrons. The minimum Gasteiger partial charge on any atom is -0.393 e. The molecule has 0 atom stereocenters. The van der Waals surface area contributed by atoms with Crippen LogP contribution in [0.4, 0.5) is 8.78 Å². The Bertz CT molecular complexity index is 364. The molecule has 1 fully saturated rings. The molecule has 0 unspecified atom stereocenters. The lowest BCUT2D eigenvalue weighted by molar-refractivity contribution is 0.0429. The molecule has 0 aliphatic heterocycles. The van der Waals surface area contributed by atoms with Crippen LogP contribution in [0.25, 0.3) is 0 Å². The zero-order valence-corrected chi connectivity index (χ0v) is 8.92. The molecule has 4 heteroatoms. The zero-order valence-electron chi connectivity index (χ0n) is 8.92. The van der Waals surface area contributed by atoms with Gasteiger partial charge in [0.15, 0.2) is 11.6 Å². The van der Waals surface area contributed by atoms with Crippen molar-refractivity contribution in [3.8, 4) is 0 Å². The van der Waals surface area contributed by atoms with E-state index in [0.29, 0.717) is 18.0 Å². The van der Waals surface area contributed by atoms with Crippen LogP contribution in [0.2, 0.25) is 0 Å². The quantitative estimate of drug-likeness (QED) is 0.822. The van der Waals surface area contributed by atoms with Gasteiger partial charge in [0.1, 0.15) is 0 Å². The Labute approximate surface area is 93.3 Å². The van der Waals surface area contributed by atoms with Crippen molar-refractivity contribution < 1.29 is 13.9 Å². The van der Waals surface area contributed by atoms with Gasteiger partial charge in [0.2, 0.25) is 0 Å². The fraction of sp³-hybridized carbons (Fsp3) is 0.500. The first-order chi connectivity index (χ1) is 7.66. The van der Waals surface area contributed by atoms with E-state index in [1.807, 2.05) is 0 Å². The van der Waals surface area contributed by atoms with Crippen molar-refractivity contribution in [1.29, 1.82) is 0 Å². The molecule has 2 nitrogen and oxygen atoms in total. The normalized spacial score (nSPS) is 24.2. The SMILES string of the molecule is OC1CC(CNCc2cccc(F)c2F)C1. The lowest BCUT2D eigenvalue weighted by atomic mass is 9.82. The van der Waals surface area contributed by atoms with Crippen LogP contribution in [0, 0.1) is 17.6 Å². The van der Waals surface area contributed by atoms with E-state index in [4.69, 9.17) is 5.11 Å². The Morgan fingerprint density at radius 3 is 2.75 bits per heavy atom. The smallest absolute Gasteiger partial charge is 0.163 e. The maximum Gasteiger partial charge on any atom is 0.163 e. The van der Waals surface area contributed by atoms with E-state index in [2.05, 4.69) is 5.32 Å². The van der Waals surface area contributed by atoms with Crippen molar-refractivity contribution in [3.05, 3.63) is 35.4 Å². The maximum absolute atomic E-state index is 13.2. The van der Waals surface area contributed by atoms with Gasteiger partial charge in [0.25, 0.3) is 0 Å². The second-order valence-electron chi connectivity index (χ2n) is 4.34. The van der Waals surface area contributed by atoms with E-state index in [-0.39, 0.29) is 6.10 Å². The second-order valence-corrected chi connectivity index (χ2v) is 4.34. The molecule has 1 saturated carbocycles. The third kappa shape index (κ3) is 2.57. The van der Waals surface area contributed by atoms with Crippen LogP contribution in [0.1, 0.15) is 18.4 Å². The Hall–Kier alpha value is -1.00. The van der Waals surface area contributed by atoms with E-state index in [9.17, 15) is 8.78 Å². The van der Waals surface area contributed by atoms with Crippen LogP contribution in [0.3, 0.4) is 0 Å². The van der Waals surface area contributed by atoms with Crippen LogP contribution in [0.15, 0.2) is 18.2 Å². The summed E-state index contributed by atoms with van der Waals surface area (Å²) in [6.45, 7) is 1.07. The highest BCUT2D eigenvalue weighted by Gasteiger charge is 2.26. The highest BCUT2D eigenvalue weighted by atomic mass is 19.2. The number of nitrogens with one attached hydrogen (secondary N) is 1. The van der Waals surface area contributed by atoms with Crippen molar-refractivity contribution in [2.24, 2.45) is 5.92 Å². The summed E-state index contributed by atoms with van der Waals surface area (Å²) in [5.74, 6) is -1.12. The van der Waals surface area contributed by atoms with E-state index < -0.39 is 11.6 Å². The molecule has 1 aromatic carbocycles. The highest BCUT2D eigenvalue weighted by molar-refractivity contribution is 5.18. The first-order valence-electron chi connectivity index (χ1n) is 5.48. The highest BCUT2D eigenvalue weighted by Crippen LogP contribution is 2.26. The Kier molecular flexibility index (Phi) is 3.51. The third-order valence-electron chi connectivity index (χ3n) is 2.99. The molecule has 0 radical (unpaired) electrons. The van der Waals surface area contributed by atoms with Crippen LogP contribution in [-0.2, 0) is 6.54 Å². The molecule has 0 spiro atoms. The van der Waals surface area contributed by atoms with E-state index in [1.165, 1.54) is 6.07 Å². The van der Waals surface area contributed by atoms with Crippen LogP contribution in [0.5, 0.6) is 0 Å². The molecular formula is C12H15F2NO. The number of hydrogen-bond donors (Lipinski definition) is 2. The second kappa shape index (κ2) is 4.89. The van der Waals surface area contributed by atoms with Gasteiger partial charge in [-0.05, 0) is 31.4 Å². The Morgan fingerprint density at radius 1 is 1.31 bits per heavy atom. The van der Waals surface area contributed by atoms with Gasteiger partial charge in [0.05, 0.1) is 6.10 Å². The summed E-state index contributed by atoms with van der Waals surface area (Å²) in [5.41, 5.74) is 0.347. The first-order valence-corrected chi connectivity index (χ1v) is 5.48. The molecule has 1 aliphatic rings. The van der Waals surface area contributed by atoms with Gasteiger partial charge in [0, 0.05) is 12.1 Å². The van der Waals surface area contributed by atoms with Crippen molar-refractivity contribution in [3.63, 3.8) is 0 Å². The third-order valence-corrected chi connectivity index (χ3v) is 2.99. The fourth-order valence-electron chi connectivity index (χ4n) is 1.96. The number of hydrogen-bond acceptors (Lipinski definition) is 2. The largest absolute Gasteiger partial charge is 0.393 e. The summed E-state index contributed by atoms with van der Waals surface area (Å²) >= 11 is 0. The number of halogens is 2. The average Bonchev–Trinajstić information content (AvgIpc) is 2.21. The molecule has 0 bridgehead atoms. The van der Waals surface area contributed by atoms with Gasteiger partial charge in [-0.1, -0.05) is 12.1 Å². The van der Waals surface area contributed by atoms with Gasteiger partial charge in [-0.15, -0.1) is 0 Å². The van der Waals surface area contributed by atoms with Crippen molar-refractivity contribution in [2.75, 3.05) is 6.54 Å². The summed E-state index contributed by atoms with van der Waals surface area (Å²) < 4.78 is 26.1. The predicted octanol–water partition coefficient (Wildman–Crippen LogP) is 1.83. The number of aliphatic hydroxyl groups excluding tert-OH is 1.